The van der Waals surface area contributed by atoms with Crippen LogP contribution in [-0.4, -0.2) is 24.2 Å². The van der Waals surface area contributed by atoms with Crippen molar-refractivity contribution in [1.29, 1.82) is 0 Å². The van der Waals surface area contributed by atoms with E-state index < -0.39 is 29.2 Å². The van der Waals surface area contributed by atoms with Gasteiger partial charge in [-0.2, -0.15) is 4.39 Å². The summed E-state index contributed by atoms with van der Waals surface area (Å²) in [6, 6.07) is 7.32. The summed E-state index contributed by atoms with van der Waals surface area (Å²) in [5.41, 5.74) is 2.75. The van der Waals surface area contributed by atoms with Crippen LogP contribution >= 0.6 is 0 Å². The Morgan fingerprint density at radius 3 is 2.43 bits per heavy atom. The maximum Gasteiger partial charge on any atom is 0.306 e. The number of carbonyl (C=O) groups is 1. The lowest BCUT2D eigenvalue weighted by atomic mass is 10.1. The second-order valence-corrected chi connectivity index (χ2v) is 6.21. The van der Waals surface area contributed by atoms with Gasteiger partial charge in [0, 0.05) is 18.4 Å². The fourth-order valence-corrected chi connectivity index (χ4v) is 2.49. The Hall–Kier alpha value is -3.16. The topological polar surface area (TPSA) is 44.7 Å². The lowest BCUT2D eigenvalue weighted by Crippen LogP contribution is -2.25. The number of hydrogen-bond donors (Lipinski definition) is 1. The lowest BCUT2D eigenvalue weighted by molar-refractivity contribution is -0.115. The predicted octanol–water partition coefficient (Wildman–Crippen LogP) is 4.63. The molecule has 0 unspecified atom stereocenters. The molecule has 0 atom stereocenters. The fraction of sp³-hybridized carbons (Fsp3) is 0.200. The van der Waals surface area contributed by atoms with Gasteiger partial charge in [-0.15, -0.1) is 0 Å². The van der Waals surface area contributed by atoms with Crippen LogP contribution in [0, 0.1) is 31.3 Å². The van der Waals surface area contributed by atoms with Crippen LogP contribution in [0.4, 0.5) is 23.2 Å². The molecule has 0 radical (unpaired) electrons. The Morgan fingerprint density at radius 1 is 1.18 bits per heavy atom. The summed E-state index contributed by atoms with van der Waals surface area (Å²) in [5, 5.41) is 3.07. The number of rotatable bonds is 7. The molecule has 8 heteroatoms. The summed E-state index contributed by atoms with van der Waals surface area (Å²) in [6.45, 7) is 6.55. The van der Waals surface area contributed by atoms with Crippen molar-refractivity contribution in [3.8, 4) is 0 Å². The average Bonchev–Trinajstić information content (AvgIpc) is 2.65. The van der Waals surface area contributed by atoms with Gasteiger partial charge in [-0.05, 0) is 55.5 Å². The average molecular weight is 393 g/mol. The van der Waals surface area contributed by atoms with E-state index in [1.165, 1.54) is 4.90 Å². The first kappa shape index (κ1) is 21.1. The largest absolute Gasteiger partial charge is 0.368 e. The molecular formula is C20H19F4N3O. The van der Waals surface area contributed by atoms with Crippen LogP contribution in [0.25, 0.3) is 0 Å². The van der Waals surface area contributed by atoms with Gasteiger partial charge in [0.1, 0.15) is 0 Å². The van der Waals surface area contributed by atoms with Crippen LogP contribution < -0.4 is 5.32 Å². The van der Waals surface area contributed by atoms with Crippen molar-refractivity contribution in [2.24, 2.45) is 4.99 Å². The predicted molar refractivity (Wildman–Crippen MR) is 100 cm³/mol. The molecule has 148 valence electrons. The first-order chi connectivity index (χ1) is 13.2. The van der Waals surface area contributed by atoms with Crippen LogP contribution in [0.15, 0.2) is 47.4 Å². The smallest absolute Gasteiger partial charge is 0.306 e. The van der Waals surface area contributed by atoms with E-state index in [9.17, 15) is 22.4 Å². The van der Waals surface area contributed by atoms with Crippen molar-refractivity contribution in [2.45, 2.75) is 20.4 Å². The van der Waals surface area contributed by atoms with E-state index in [2.05, 4.69) is 17.0 Å². The van der Waals surface area contributed by atoms with Crippen molar-refractivity contribution in [1.82, 2.24) is 4.90 Å². The number of nitrogens with zero attached hydrogens (tertiary/aromatic N) is 2. The van der Waals surface area contributed by atoms with Crippen molar-refractivity contribution in [3.63, 3.8) is 0 Å². The Balaban J connectivity index is 2.27. The van der Waals surface area contributed by atoms with Crippen molar-refractivity contribution in [3.05, 3.63) is 76.5 Å². The molecule has 0 bridgehead atoms. The third-order valence-electron chi connectivity index (χ3n) is 3.94. The monoisotopic (exact) mass is 393 g/mol. The number of halogens is 4. The molecule has 28 heavy (non-hydrogen) atoms. The summed E-state index contributed by atoms with van der Waals surface area (Å²) >= 11 is 0. The third-order valence-corrected chi connectivity index (χ3v) is 3.94. The minimum absolute atomic E-state index is 0.00273. The summed E-state index contributed by atoms with van der Waals surface area (Å²) in [7, 11) is 0. The molecule has 0 aliphatic heterocycles. The molecule has 0 fully saturated rings. The Labute approximate surface area is 160 Å². The summed E-state index contributed by atoms with van der Waals surface area (Å²) in [6.07, 6.45) is 0.855. The van der Waals surface area contributed by atoms with Crippen molar-refractivity contribution in [2.75, 3.05) is 12.0 Å². The van der Waals surface area contributed by atoms with E-state index in [1.807, 2.05) is 32.0 Å². The van der Waals surface area contributed by atoms with Gasteiger partial charge < -0.3 is 10.2 Å². The van der Waals surface area contributed by atoms with Gasteiger partial charge >= 0.3 is 5.91 Å². The fourth-order valence-electron chi connectivity index (χ4n) is 2.49. The number of benzene rings is 2. The van der Waals surface area contributed by atoms with Gasteiger partial charge in [0.15, 0.2) is 17.5 Å². The minimum atomic E-state index is -1.59. The molecule has 0 aliphatic rings. The van der Waals surface area contributed by atoms with Gasteiger partial charge in [0.05, 0.1) is 6.67 Å². The van der Waals surface area contributed by atoms with E-state index in [-0.39, 0.29) is 18.8 Å². The zero-order valence-electron chi connectivity index (χ0n) is 15.4. The number of amides is 1. The van der Waals surface area contributed by atoms with Crippen LogP contribution in [0.5, 0.6) is 0 Å². The van der Waals surface area contributed by atoms with E-state index in [0.717, 1.165) is 35.1 Å². The van der Waals surface area contributed by atoms with E-state index in [1.54, 1.807) is 0 Å². The quantitative estimate of drug-likeness (QED) is 0.245. The molecule has 0 saturated carbocycles. The first-order valence-corrected chi connectivity index (χ1v) is 8.28. The molecule has 0 aliphatic carbocycles. The van der Waals surface area contributed by atoms with Crippen molar-refractivity contribution >= 4 is 18.3 Å². The highest BCUT2D eigenvalue weighted by Gasteiger charge is 2.14. The first-order valence-electron chi connectivity index (χ1n) is 8.28. The van der Waals surface area contributed by atoms with Crippen molar-refractivity contribution < 1.29 is 22.4 Å². The zero-order valence-corrected chi connectivity index (χ0v) is 15.4. The Kier molecular flexibility index (Phi) is 6.92. The number of aryl methyl sites for hydroxylation is 2. The number of anilines is 1. The highest BCUT2D eigenvalue weighted by molar-refractivity contribution is 5.94. The molecule has 1 N–H and O–H groups in total. The second kappa shape index (κ2) is 9.16. The Morgan fingerprint density at radius 2 is 1.82 bits per heavy atom. The molecule has 4 nitrogen and oxygen atoms in total. The molecule has 2 aromatic carbocycles. The highest BCUT2D eigenvalue weighted by atomic mass is 19.2. The molecule has 0 aromatic heterocycles. The lowest BCUT2D eigenvalue weighted by Gasteiger charge is -2.23. The zero-order chi connectivity index (χ0) is 20.8. The van der Waals surface area contributed by atoms with Gasteiger partial charge in [-0.3, -0.25) is 4.79 Å². The molecule has 1 amide bonds. The minimum Gasteiger partial charge on any atom is -0.368 e. The van der Waals surface area contributed by atoms with E-state index in [4.69, 9.17) is 0 Å². The molecule has 0 saturated heterocycles. The van der Waals surface area contributed by atoms with Gasteiger partial charge in [0.25, 0.3) is 0 Å². The third kappa shape index (κ3) is 5.42. The molecule has 2 rings (SSSR count). The molecule has 2 aromatic rings. The number of aliphatic imine (C=N–C) groups is 1. The SMILES string of the molecule is C=NC(=O)/C(F)=C\N(CNc1cc(C)ccc1C)Cc1cc(F)c(F)c(F)c1. The Bertz CT molecular complexity index is 905. The normalized spacial score (nSPS) is 11.3. The summed E-state index contributed by atoms with van der Waals surface area (Å²) in [4.78, 5) is 15.6. The molecular weight excluding hydrogens is 374 g/mol. The maximum atomic E-state index is 13.9. The second-order valence-electron chi connectivity index (χ2n) is 6.21. The summed E-state index contributed by atoms with van der Waals surface area (Å²) in [5.74, 6) is -6.66. The number of carbonyl (C=O) groups excluding carboxylic acids is 1. The van der Waals surface area contributed by atoms with E-state index in [0.29, 0.717) is 0 Å². The van der Waals surface area contributed by atoms with Crippen LogP contribution in [0.3, 0.4) is 0 Å². The van der Waals surface area contributed by atoms with Crippen LogP contribution in [-0.2, 0) is 11.3 Å². The standard InChI is InChI=1S/C20H19F4N3O/c1-12-4-5-13(2)18(6-12)26-11-27(10-17(23)20(28)25-3)9-14-7-15(21)19(24)16(22)8-14/h4-8,10,26H,3,9,11H2,1-2H3/b17-10+. The molecule has 0 heterocycles. The number of nitrogens with one attached hydrogen (secondary N) is 1. The number of hydrogen-bond acceptors (Lipinski definition) is 3. The van der Waals surface area contributed by atoms with Gasteiger partial charge in [-0.25, -0.2) is 18.2 Å². The van der Waals surface area contributed by atoms with Gasteiger partial charge in [-0.1, -0.05) is 12.1 Å². The maximum absolute atomic E-state index is 13.9. The highest BCUT2D eigenvalue weighted by Crippen LogP contribution is 2.19. The molecule has 0 spiro atoms. The summed E-state index contributed by atoms with van der Waals surface area (Å²) < 4.78 is 54.0. The van der Waals surface area contributed by atoms with Gasteiger partial charge in [0.2, 0.25) is 5.83 Å². The van der Waals surface area contributed by atoms with Crippen LogP contribution in [0.2, 0.25) is 0 Å². The van der Waals surface area contributed by atoms with Crippen LogP contribution in [0.1, 0.15) is 16.7 Å². The van der Waals surface area contributed by atoms with E-state index >= 15 is 0 Å².